The normalized spacial score (nSPS) is 14.3. The molecule has 0 bridgehead atoms. The number of hydrogen-bond acceptors (Lipinski definition) is 5. The van der Waals surface area contributed by atoms with Crippen LogP contribution in [0.15, 0.2) is 48.7 Å². The number of piperidine rings is 1. The molecule has 0 aliphatic carbocycles. The van der Waals surface area contributed by atoms with Crippen LogP contribution in [0.5, 0.6) is 11.5 Å². The summed E-state index contributed by atoms with van der Waals surface area (Å²) >= 11 is 0. The molecule has 0 unspecified atom stereocenters. The summed E-state index contributed by atoms with van der Waals surface area (Å²) in [5, 5.41) is 11.0. The second-order valence-electron chi connectivity index (χ2n) is 7.74. The van der Waals surface area contributed by atoms with Gasteiger partial charge in [0.1, 0.15) is 11.5 Å². The second kappa shape index (κ2) is 9.22. The third kappa shape index (κ3) is 4.41. The molecule has 2 heterocycles. The van der Waals surface area contributed by atoms with E-state index in [0.29, 0.717) is 22.7 Å². The van der Waals surface area contributed by atoms with Gasteiger partial charge in [0.25, 0.3) is 5.91 Å². The summed E-state index contributed by atoms with van der Waals surface area (Å²) < 4.78 is 12.6. The van der Waals surface area contributed by atoms with E-state index in [4.69, 9.17) is 9.47 Å². The first-order valence-corrected chi connectivity index (χ1v) is 10.5. The Hall–Kier alpha value is -3.32. The van der Waals surface area contributed by atoms with Gasteiger partial charge in [-0.25, -0.2) is 4.68 Å². The summed E-state index contributed by atoms with van der Waals surface area (Å²) in [5.74, 6) is 1.26. The molecule has 3 aromatic rings. The van der Waals surface area contributed by atoms with Crippen molar-refractivity contribution in [2.24, 2.45) is 0 Å². The number of carbonyl (C=O) groups is 1. The molecule has 2 N–H and O–H groups in total. The number of ether oxygens (including phenoxy) is 2. The number of amides is 1. The fraction of sp³-hybridized carbons (Fsp3) is 0.333. The number of methoxy groups -OCH3 is 2. The van der Waals surface area contributed by atoms with Gasteiger partial charge in [0.05, 0.1) is 43.0 Å². The largest absolute Gasteiger partial charge is 0.497 e. The van der Waals surface area contributed by atoms with Crippen molar-refractivity contribution < 1.29 is 14.3 Å². The lowest BCUT2D eigenvalue weighted by Gasteiger charge is -2.25. The topological polar surface area (TPSA) is 77.4 Å². The Bertz CT molecular complexity index is 1070. The molecule has 0 spiro atoms. The molecule has 1 amide bonds. The Morgan fingerprint density at radius 1 is 1.13 bits per heavy atom. The zero-order valence-electron chi connectivity index (χ0n) is 18.1. The van der Waals surface area contributed by atoms with Crippen molar-refractivity contribution in [3.05, 3.63) is 65.5 Å². The minimum Gasteiger partial charge on any atom is -0.497 e. The molecule has 1 aliphatic heterocycles. The summed E-state index contributed by atoms with van der Waals surface area (Å²) in [6, 6.07) is 13.5. The number of benzene rings is 2. The highest BCUT2D eigenvalue weighted by molar-refractivity contribution is 6.06. The maximum Gasteiger partial charge on any atom is 0.259 e. The lowest BCUT2D eigenvalue weighted by molar-refractivity contribution is 0.102. The summed E-state index contributed by atoms with van der Waals surface area (Å²) in [6.07, 6.45) is 3.60. The van der Waals surface area contributed by atoms with Crippen molar-refractivity contribution >= 4 is 11.6 Å². The molecular weight excluding hydrogens is 392 g/mol. The van der Waals surface area contributed by atoms with Gasteiger partial charge in [-0.3, -0.25) is 4.79 Å². The van der Waals surface area contributed by atoms with Gasteiger partial charge >= 0.3 is 0 Å². The average molecular weight is 421 g/mol. The van der Waals surface area contributed by atoms with E-state index in [0.717, 1.165) is 42.9 Å². The molecule has 1 aliphatic rings. The summed E-state index contributed by atoms with van der Waals surface area (Å²) in [4.78, 5) is 13.3. The van der Waals surface area contributed by atoms with Crippen LogP contribution in [0.4, 0.5) is 5.69 Å². The van der Waals surface area contributed by atoms with Crippen molar-refractivity contribution in [1.29, 1.82) is 0 Å². The van der Waals surface area contributed by atoms with Gasteiger partial charge in [0, 0.05) is 12.0 Å². The van der Waals surface area contributed by atoms with E-state index in [1.165, 1.54) is 0 Å². The highest BCUT2D eigenvalue weighted by Crippen LogP contribution is 2.33. The number of aromatic nitrogens is 2. The minimum absolute atomic E-state index is 0.198. The number of nitrogens with zero attached hydrogens (tertiary/aromatic N) is 2. The Balaban J connectivity index is 1.71. The Kier molecular flexibility index (Phi) is 6.23. The highest BCUT2D eigenvalue weighted by atomic mass is 16.5. The molecular formula is C24H28N4O3. The maximum absolute atomic E-state index is 13.3. The molecule has 162 valence electrons. The monoisotopic (exact) mass is 420 g/mol. The fourth-order valence-electron chi connectivity index (χ4n) is 4.08. The maximum atomic E-state index is 13.3. The predicted molar refractivity (Wildman–Crippen MR) is 121 cm³/mol. The molecule has 0 radical (unpaired) electrons. The zero-order valence-corrected chi connectivity index (χ0v) is 18.1. The molecule has 1 aromatic heterocycles. The highest BCUT2D eigenvalue weighted by Gasteiger charge is 2.27. The first kappa shape index (κ1) is 20.9. The molecule has 4 rings (SSSR count). The van der Waals surface area contributed by atoms with Crippen LogP contribution in [0.2, 0.25) is 0 Å². The molecule has 0 saturated carbocycles. The van der Waals surface area contributed by atoms with Crippen molar-refractivity contribution in [2.75, 3.05) is 32.6 Å². The molecule has 7 nitrogen and oxygen atoms in total. The Labute approximate surface area is 182 Å². The lowest BCUT2D eigenvalue weighted by atomic mass is 9.91. The number of hydrogen-bond donors (Lipinski definition) is 2. The van der Waals surface area contributed by atoms with Gasteiger partial charge in [-0.1, -0.05) is 12.1 Å². The van der Waals surface area contributed by atoms with Crippen LogP contribution in [0.1, 0.15) is 40.4 Å². The van der Waals surface area contributed by atoms with E-state index in [-0.39, 0.29) is 11.8 Å². The van der Waals surface area contributed by atoms with Crippen molar-refractivity contribution in [3.8, 4) is 17.2 Å². The molecule has 0 atom stereocenters. The van der Waals surface area contributed by atoms with Gasteiger partial charge < -0.3 is 20.1 Å². The Morgan fingerprint density at radius 3 is 2.65 bits per heavy atom. The standard InChI is InChI=1S/C24H28N4O3/c1-16-5-4-6-18(13-16)28-23(17-9-11-25-12-10-17)20(15-26-28)24(29)27-21-8-7-19(30-2)14-22(21)31-3/h4-8,13-15,17,25H,9-12H2,1-3H3,(H,27,29). The SMILES string of the molecule is COc1ccc(NC(=O)c2cnn(-c3cccc(C)c3)c2C2CCNCC2)c(OC)c1. The third-order valence-corrected chi connectivity index (χ3v) is 5.68. The van der Waals surface area contributed by atoms with Gasteiger partial charge in [-0.15, -0.1) is 0 Å². The summed E-state index contributed by atoms with van der Waals surface area (Å²) in [6.45, 7) is 3.91. The quantitative estimate of drug-likeness (QED) is 0.632. The van der Waals surface area contributed by atoms with Crippen molar-refractivity contribution in [2.45, 2.75) is 25.7 Å². The van der Waals surface area contributed by atoms with Crippen molar-refractivity contribution in [3.63, 3.8) is 0 Å². The predicted octanol–water partition coefficient (Wildman–Crippen LogP) is 3.92. The van der Waals surface area contributed by atoms with E-state index in [1.54, 1.807) is 38.6 Å². The lowest BCUT2D eigenvalue weighted by Crippen LogP contribution is -2.29. The van der Waals surface area contributed by atoms with Crippen LogP contribution in [0, 0.1) is 6.92 Å². The van der Waals surface area contributed by atoms with E-state index >= 15 is 0 Å². The van der Waals surface area contributed by atoms with Gasteiger partial charge in [0.15, 0.2) is 0 Å². The molecule has 1 saturated heterocycles. The zero-order chi connectivity index (χ0) is 21.8. The molecule has 7 heteroatoms. The molecule has 2 aromatic carbocycles. The van der Waals surface area contributed by atoms with E-state index < -0.39 is 0 Å². The number of nitrogens with one attached hydrogen (secondary N) is 2. The number of carbonyl (C=O) groups excluding carboxylic acids is 1. The van der Waals surface area contributed by atoms with Crippen molar-refractivity contribution in [1.82, 2.24) is 15.1 Å². The Morgan fingerprint density at radius 2 is 1.94 bits per heavy atom. The van der Waals surface area contributed by atoms with Crippen LogP contribution < -0.4 is 20.1 Å². The number of aryl methyl sites for hydroxylation is 1. The minimum atomic E-state index is -0.198. The number of rotatable bonds is 6. The van der Waals surface area contributed by atoms with Gasteiger partial charge in [0.2, 0.25) is 0 Å². The van der Waals surface area contributed by atoms with Gasteiger partial charge in [-0.2, -0.15) is 5.10 Å². The first-order valence-electron chi connectivity index (χ1n) is 10.5. The molecule has 31 heavy (non-hydrogen) atoms. The summed E-state index contributed by atoms with van der Waals surface area (Å²) in [7, 11) is 3.17. The fourth-order valence-corrected chi connectivity index (χ4v) is 4.08. The number of anilines is 1. The van der Waals surface area contributed by atoms with Crippen LogP contribution in [0.25, 0.3) is 5.69 Å². The second-order valence-corrected chi connectivity index (χ2v) is 7.74. The summed E-state index contributed by atoms with van der Waals surface area (Å²) in [5.41, 5.74) is 4.25. The van der Waals surface area contributed by atoms with Crippen LogP contribution >= 0.6 is 0 Å². The van der Waals surface area contributed by atoms with Crippen LogP contribution in [-0.2, 0) is 0 Å². The van der Waals surface area contributed by atoms with Gasteiger partial charge in [-0.05, 0) is 62.7 Å². The molecule has 1 fully saturated rings. The first-order chi connectivity index (χ1) is 15.1. The van der Waals surface area contributed by atoms with Crippen LogP contribution in [-0.4, -0.2) is 43.0 Å². The van der Waals surface area contributed by atoms with E-state index in [1.807, 2.05) is 16.8 Å². The smallest absolute Gasteiger partial charge is 0.259 e. The van der Waals surface area contributed by atoms with E-state index in [9.17, 15) is 4.79 Å². The third-order valence-electron chi connectivity index (χ3n) is 5.68. The average Bonchev–Trinajstić information content (AvgIpc) is 3.25. The van der Waals surface area contributed by atoms with Crippen LogP contribution in [0.3, 0.4) is 0 Å². The van der Waals surface area contributed by atoms with E-state index in [2.05, 4.69) is 34.8 Å².